The van der Waals surface area contributed by atoms with Gasteiger partial charge >= 0.3 is 11.9 Å². The first kappa shape index (κ1) is 31.3. The van der Waals surface area contributed by atoms with Gasteiger partial charge in [-0.25, -0.2) is 0 Å². The number of fused-ring (bicyclic) bond motifs is 1. The van der Waals surface area contributed by atoms with Crippen LogP contribution in [0.25, 0.3) is 0 Å². The van der Waals surface area contributed by atoms with Crippen molar-refractivity contribution < 1.29 is 28.3 Å². The molecule has 3 aliphatic rings. The molecule has 1 saturated heterocycles. The number of aldehydes is 1. The van der Waals surface area contributed by atoms with Crippen LogP contribution in [0.2, 0.25) is 18.1 Å². The summed E-state index contributed by atoms with van der Waals surface area (Å²) in [7, 11) is -1.98. The van der Waals surface area contributed by atoms with Gasteiger partial charge in [-0.15, -0.1) is 0 Å². The fourth-order valence-electron chi connectivity index (χ4n) is 6.65. The molecule has 8 atom stereocenters. The summed E-state index contributed by atoms with van der Waals surface area (Å²) in [5.41, 5.74) is -0.533. The molecule has 0 bridgehead atoms. The van der Waals surface area contributed by atoms with Crippen molar-refractivity contribution in [2.24, 2.45) is 35.0 Å². The quantitative estimate of drug-likeness (QED) is 0.173. The first-order valence-corrected chi connectivity index (χ1v) is 18.0. The fraction of sp³-hybridized carbons (Fsp3) is 0.903. The van der Waals surface area contributed by atoms with E-state index in [1.807, 2.05) is 20.8 Å². The van der Waals surface area contributed by atoms with Crippen molar-refractivity contribution in [2.45, 2.75) is 143 Å². The maximum absolute atomic E-state index is 13.1. The van der Waals surface area contributed by atoms with E-state index in [2.05, 4.69) is 40.8 Å². The number of carbonyl (C=O) groups excluding carboxylic acids is 3. The lowest BCUT2D eigenvalue weighted by atomic mass is 9.58. The van der Waals surface area contributed by atoms with E-state index in [9.17, 15) is 14.4 Å². The van der Waals surface area contributed by atoms with Crippen LogP contribution in [-0.2, 0) is 28.3 Å². The summed E-state index contributed by atoms with van der Waals surface area (Å²) < 4.78 is 18.7. The molecule has 3 fully saturated rings. The van der Waals surface area contributed by atoms with Crippen LogP contribution in [0.3, 0.4) is 0 Å². The lowest BCUT2D eigenvalue weighted by Crippen LogP contribution is -2.49. The van der Waals surface area contributed by atoms with E-state index < -0.39 is 13.7 Å². The average molecular weight is 551 g/mol. The molecule has 0 aromatic rings. The van der Waals surface area contributed by atoms with Crippen LogP contribution in [0.15, 0.2) is 0 Å². The molecule has 7 heteroatoms. The van der Waals surface area contributed by atoms with E-state index >= 15 is 0 Å². The number of hydrogen-bond donors (Lipinski definition) is 0. The molecule has 0 unspecified atom stereocenters. The highest BCUT2D eigenvalue weighted by Crippen LogP contribution is 2.51. The summed E-state index contributed by atoms with van der Waals surface area (Å²) in [5.74, 6) is 1.18. The van der Waals surface area contributed by atoms with Crippen molar-refractivity contribution >= 4 is 26.5 Å². The number of rotatable bonds is 9. The van der Waals surface area contributed by atoms with Crippen LogP contribution in [0.5, 0.6) is 0 Å². The largest absolute Gasteiger partial charge is 0.462 e. The first-order valence-electron chi connectivity index (χ1n) is 15.1. The van der Waals surface area contributed by atoms with Gasteiger partial charge < -0.3 is 18.7 Å². The molecular weight excluding hydrogens is 496 g/mol. The van der Waals surface area contributed by atoms with Gasteiger partial charge in [-0.3, -0.25) is 9.59 Å². The lowest BCUT2D eigenvalue weighted by Gasteiger charge is -2.50. The van der Waals surface area contributed by atoms with Crippen LogP contribution in [0.4, 0.5) is 0 Å². The molecule has 0 aromatic heterocycles. The van der Waals surface area contributed by atoms with E-state index in [1.165, 1.54) is 0 Å². The minimum Gasteiger partial charge on any atom is -0.462 e. The summed E-state index contributed by atoms with van der Waals surface area (Å²) >= 11 is 0. The number of esters is 2. The van der Waals surface area contributed by atoms with Crippen LogP contribution in [-0.4, -0.2) is 44.9 Å². The average Bonchev–Trinajstić information content (AvgIpc) is 2.81. The molecule has 1 heterocycles. The Morgan fingerprint density at radius 3 is 2.37 bits per heavy atom. The molecule has 0 amide bonds. The van der Waals surface area contributed by atoms with Crippen LogP contribution >= 0.6 is 0 Å². The van der Waals surface area contributed by atoms with Gasteiger partial charge in [0, 0.05) is 18.3 Å². The Morgan fingerprint density at radius 1 is 1.08 bits per heavy atom. The van der Waals surface area contributed by atoms with E-state index in [0.29, 0.717) is 30.6 Å². The van der Waals surface area contributed by atoms with E-state index in [0.717, 1.165) is 51.2 Å². The van der Waals surface area contributed by atoms with Gasteiger partial charge in [-0.2, -0.15) is 0 Å². The Bertz CT molecular complexity index is 846. The summed E-state index contributed by atoms with van der Waals surface area (Å²) in [6, 6.07) is 0. The monoisotopic (exact) mass is 550 g/mol. The van der Waals surface area contributed by atoms with Crippen molar-refractivity contribution in [1.29, 1.82) is 0 Å². The van der Waals surface area contributed by atoms with Crippen LogP contribution in [0.1, 0.15) is 106 Å². The minimum absolute atomic E-state index is 0.0413. The molecule has 1 aliphatic heterocycles. The second-order valence-electron chi connectivity index (χ2n) is 14.7. The van der Waals surface area contributed by atoms with E-state index in [1.54, 1.807) is 0 Å². The standard InChI is InChI=1S/C31H54O6Si/c1-10-31(6,7)29(34)36-26-16-21(19-32)15-22-12-11-20(2)25(28(22)26)14-13-23-17-24(18-27(33)35-23)37-38(8,9)30(3,4)5/h19-26,28H,10-18H2,1-9H3/t20-,21-,22-,23+,24+,25-,26-,28-/m0/s1. The molecule has 218 valence electrons. The van der Waals surface area contributed by atoms with Crippen LogP contribution in [0, 0.1) is 35.0 Å². The normalized spacial score (nSPS) is 34.7. The second kappa shape index (κ2) is 12.1. The highest BCUT2D eigenvalue weighted by atomic mass is 28.4. The predicted molar refractivity (Wildman–Crippen MR) is 152 cm³/mol. The maximum atomic E-state index is 13.1. The van der Waals surface area contributed by atoms with Gasteiger partial charge in [0.05, 0.1) is 17.9 Å². The number of carbonyl (C=O) groups is 3. The topological polar surface area (TPSA) is 78.9 Å². The lowest BCUT2D eigenvalue weighted by molar-refractivity contribution is -0.174. The Balaban J connectivity index is 1.72. The Hall–Kier alpha value is -1.21. The number of ether oxygens (including phenoxy) is 2. The van der Waals surface area contributed by atoms with Gasteiger partial charge in [0.2, 0.25) is 0 Å². The van der Waals surface area contributed by atoms with Gasteiger partial charge in [0.15, 0.2) is 8.32 Å². The Labute approximate surface area is 232 Å². The zero-order valence-corrected chi connectivity index (χ0v) is 26.5. The SMILES string of the molecule is CCC(C)(C)C(=O)O[C@H]1C[C@@H](C=O)C[C@@H]2CC[C@H](C)[C@H](CC[C@@H]3C[C@@H](O[Si](C)(C)C(C)(C)C)CC(=O)O3)[C@H]21. The van der Waals surface area contributed by atoms with Crippen molar-refractivity contribution in [3.05, 3.63) is 0 Å². The highest BCUT2D eigenvalue weighted by molar-refractivity contribution is 6.74. The van der Waals surface area contributed by atoms with Crippen molar-refractivity contribution in [1.82, 2.24) is 0 Å². The Morgan fingerprint density at radius 2 is 1.76 bits per heavy atom. The third-order valence-electron chi connectivity index (χ3n) is 10.5. The van der Waals surface area contributed by atoms with Gasteiger partial charge in [0.25, 0.3) is 0 Å². The molecule has 6 nitrogen and oxygen atoms in total. The molecule has 3 rings (SSSR count). The van der Waals surface area contributed by atoms with E-state index in [4.69, 9.17) is 13.9 Å². The van der Waals surface area contributed by atoms with Gasteiger partial charge in [-0.1, -0.05) is 41.0 Å². The molecule has 2 aliphatic carbocycles. The molecule has 0 spiro atoms. The minimum atomic E-state index is -1.98. The van der Waals surface area contributed by atoms with Gasteiger partial charge in [-0.05, 0) is 88.3 Å². The molecule has 0 radical (unpaired) electrons. The molecule has 0 aromatic carbocycles. The molecule has 38 heavy (non-hydrogen) atoms. The number of cyclic esters (lactones) is 1. The second-order valence-corrected chi connectivity index (χ2v) is 19.5. The number of hydrogen-bond acceptors (Lipinski definition) is 6. The summed E-state index contributed by atoms with van der Waals surface area (Å²) in [4.78, 5) is 37.5. The maximum Gasteiger partial charge on any atom is 0.311 e. The predicted octanol–water partition coefficient (Wildman–Crippen LogP) is 7.10. The fourth-order valence-corrected chi connectivity index (χ4v) is 8.01. The third-order valence-corrected chi connectivity index (χ3v) is 15.1. The van der Waals surface area contributed by atoms with Crippen molar-refractivity contribution in [3.63, 3.8) is 0 Å². The molecule has 0 N–H and O–H groups in total. The summed E-state index contributed by atoms with van der Waals surface area (Å²) in [6.07, 6.45) is 7.91. The highest BCUT2D eigenvalue weighted by Gasteiger charge is 2.49. The zero-order chi connectivity index (χ0) is 28.5. The Kier molecular flexibility index (Phi) is 9.98. The zero-order valence-electron chi connectivity index (χ0n) is 25.5. The van der Waals surface area contributed by atoms with Crippen molar-refractivity contribution in [3.8, 4) is 0 Å². The van der Waals surface area contributed by atoms with E-state index in [-0.39, 0.29) is 47.1 Å². The van der Waals surface area contributed by atoms with Gasteiger partial charge in [0.1, 0.15) is 18.5 Å². The summed E-state index contributed by atoms with van der Waals surface area (Å²) in [6.45, 7) is 19.4. The van der Waals surface area contributed by atoms with Crippen molar-refractivity contribution in [2.75, 3.05) is 0 Å². The first-order chi connectivity index (χ1) is 17.6. The molecular formula is C31H54O6Si. The smallest absolute Gasteiger partial charge is 0.311 e. The third kappa shape index (κ3) is 7.29. The summed E-state index contributed by atoms with van der Waals surface area (Å²) in [5, 5.41) is 0.0928. The van der Waals surface area contributed by atoms with Crippen LogP contribution < -0.4 is 0 Å². The molecule has 2 saturated carbocycles.